The van der Waals surface area contributed by atoms with Crippen LogP contribution in [0.5, 0.6) is 0 Å². The maximum atomic E-state index is 8.30. The molecule has 0 atom stereocenters. The molecule has 0 aliphatic carbocycles. The van der Waals surface area contributed by atoms with E-state index in [4.69, 9.17) is 20.2 Å². The lowest BCUT2D eigenvalue weighted by molar-refractivity contribution is 0.278. The molecule has 0 saturated heterocycles. The van der Waals surface area contributed by atoms with Gasteiger partial charge in [0, 0.05) is 6.54 Å². The van der Waals surface area contributed by atoms with Crippen LogP contribution >= 0.6 is 0 Å². The van der Waals surface area contributed by atoms with Crippen LogP contribution in [0.2, 0.25) is 0 Å². The highest BCUT2D eigenvalue weighted by Gasteiger charge is 1.92. The Bertz CT molecular complexity index is 65.8. The molecule has 0 aliphatic heterocycles. The van der Waals surface area contributed by atoms with Crippen LogP contribution in [0.25, 0.3) is 0 Å². The Kier molecular flexibility index (Phi) is 16.1. The van der Waals surface area contributed by atoms with Crippen molar-refractivity contribution < 1.29 is 20.2 Å². The predicted octanol–water partition coefficient (Wildman–Crippen LogP) is -1.68. The van der Waals surface area contributed by atoms with Crippen molar-refractivity contribution in [3.63, 3.8) is 0 Å². The first-order valence-corrected chi connectivity index (χ1v) is 4.01. The molecule has 0 aliphatic rings. The molecule has 0 aromatic rings. The summed E-state index contributed by atoms with van der Waals surface area (Å²) in [6.45, 7) is 4.18. The summed E-state index contributed by atoms with van der Waals surface area (Å²) in [5, 5.41) is 32.9. The number of hydrogen-bond acceptors (Lipinski definition) is 5. The van der Waals surface area contributed by atoms with E-state index in [9.17, 15) is 0 Å². The fourth-order valence-corrected chi connectivity index (χ4v) is 0.506. The molecule has 0 amide bonds. The Balaban J connectivity index is 0. The van der Waals surface area contributed by atoms with E-state index in [-0.39, 0.29) is 6.61 Å². The second-order valence-electron chi connectivity index (χ2n) is 2.17. The Hall–Kier alpha value is -0.135. The molecule has 0 heterocycles. The molecule has 74 valence electrons. The summed E-state index contributed by atoms with van der Waals surface area (Å²) in [7, 11) is -2.17. The summed E-state index contributed by atoms with van der Waals surface area (Å²) in [6.07, 6.45) is 2.43. The van der Waals surface area contributed by atoms with Crippen LogP contribution in [0.15, 0.2) is 0 Å². The molecule has 5 nitrogen and oxygen atoms in total. The van der Waals surface area contributed by atoms with E-state index in [1.807, 2.05) is 0 Å². The standard InChI is InChI=1S/C6H15NO.BH3O3/c1-2-3-4-7-5-6-8;2-1(3)4/h7-8H,2-6H2,1H3;2-4H. The molecule has 0 fully saturated rings. The third-order valence-corrected chi connectivity index (χ3v) is 0.996. The van der Waals surface area contributed by atoms with Crippen molar-refractivity contribution in [3.05, 3.63) is 0 Å². The number of rotatable bonds is 5. The molecule has 0 radical (unpaired) electrons. The zero-order chi connectivity index (χ0) is 9.82. The number of aliphatic hydroxyl groups excluding tert-OH is 1. The second kappa shape index (κ2) is 13.5. The van der Waals surface area contributed by atoms with E-state index in [0.29, 0.717) is 0 Å². The molecule has 0 bridgehead atoms. The summed E-state index contributed by atoms with van der Waals surface area (Å²) >= 11 is 0. The Morgan fingerprint density at radius 1 is 1.17 bits per heavy atom. The summed E-state index contributed by atoms with van der Waals surface area (Å²) in [5.41, 5.74) is 0. The van der Waals surface area contributed by atoms with Crippen molar-refractivity contribution >= 4 is 7.32 Å². The topological polar surface area (TPSA) is 93.0 Å². The minimum absolute atomic E-state index is 0.254. The molecule has 0 spiro atoms. The van der Waals surface area contributed by atoms with Gasteiger partial charge < -0.3 is 25.5 Å². The number of unbranched alkanes of at least 4 members (excludes halogenated alkanes) is 1. The monoisotopic (exact) mass is 179 g/mol. The normalized spacial score (nSPS) is 8.75. The van der Waals surface area contributed by atoms with E-state index < -0.39 is 7.32 Å². The van der Waals surface area contributed by atoms with Crippen molar-refractivity contribution in [3.8, 4) is 0 Å². The lowest BCUT2D eigenvalue weighted by Gasteiger charge is -1.97. The van der Waals surface area contributed by atoms with Gasteiger partial charge in [-0.3, -0.25) is 0 Å². The highest BCUT2D eigenvalue weighted by Crippen LogP contribution is 1.80. The molecule has 0 unspecified atom stereocenters. The van der Waals surface area contributed by atoms with Crippen LogP contribution in [0.1, 0.15) is 19.8 Å². The van der Waals surface area contributed by atoms with Crippen LogP contribution in [0.4, 0.5) is 0 Å². The number of aliphatic hydroxyl groups is 1. The summed E-state index contributed by atoms with van der Waals surface area (Å²) in [5.74, 6) is 0. The molecule has 12 heavy (non-hydrogen) atoms. The zero-order valence-corrected chi connectivity index (χ0v) is 7.40. The molecule has 0 aromatic heterocycles. The summed E-state index contributed by atoms with van der Waals surface area (Å²) < 4.78 is 0. The Morgan fingerprint density at radius 3 is 2.00 bits per heavy atom. The number of hydrogen-bond donors (Lipinski definition) is 5. The average molecular weight is 179 g/mol. The second-order valence-corrected chi connectivity index (χ2v) is 2.17. The maximum Gasteiger partial charge on any atom is 0.631 e. The molecule has 6 heteroatoms. The van der Waals surface area contributed by atoms with Gasteiger partial charge in [-0.25, -0.2) is 0 Å². The fraction of sp³-hybridized carbons (Fsp3) is 1.00. The van der Waals surface area contributed by atoms with Gasteiger partial charge in [0.2, 0.25) is 0 Å². The molecule has 0 rings (SSSR count). The average Bonchev–Trinajstić information content (AvgIpc) is 1.97. The van der Waals surface area contributed by atoms with Crippen LogP contribution in [-0.4, -0.2) is 47.2 Å². The van der Waals surface area contributed by atoms with Gasteiger partial charge in [-0.1, -0.05) is 13.3 Å². The molecule has 0 saturated carbocycles. The lowest BCUT2D eigenvalue weighted by atomic mass is 10.3. The molecular weight excluding hydrogens is 161 g/mol. The predicted molar refractivity (Wildman–Crippen MR) is 47.3 cm³/mol. The molecule has 5 N–H and O–H groups in total. The van der Waals surface area contributed by atoms with Crippen molar-refractivity contribution in [1.29, 1.82) is 0 Å². The minimum atomic E-state index is -2.17. The minimum Gasteiger partial charge on any atom is -0.402 e. The van der Waals surface area contributed by atoms with E-state index >= 15 is 0 Å². The smallest absolute Gasteiger partial charge is 0.402 e. The van der Waals surface area contributed by atoms with Gasteiger partial charge in [-0.15, -0.1) is 0 Å². The van der Waals surface area contributed by atoms with Gasteiger partial charge in [0.05, 0.1) is 6.61 Å². The SMILES string of the molecule is CCCCNCCO.OB(O)O. The van der Waals surface area contributed by atoms with Gasteiger partial charge in [0.15, 0.2) is 0 Å². The Morgan fingerprint density at radius 2 is 1.67 bits per heavy atom. The number of nitrogens with one attached hydrogen (secondary N) is 1. The maximum absolute atomic E-state index is 8.30. The van der Waals surface area contributed by atoms with Crippen molar-refractivity contribution in [2.45, 2.75) is 19.8 Å². The largest absolute Gasteiger partial charge is 0.631 e. The first kappa shape index (κ1) is 14.4. The molecular formula is C6H18BNO4. The fourth-order valence-electron chi connectivity index (χ4n) is 0.506. The first-order chi connectivity index (χ1) is 5.65. The third-order valence-electron chi connectivity index (χ3n) is 0.996. The quantitative estimate of drug-likeness (QED) is 0.256. The van der Waals surface area contributed by atoms with E-state index in [1.54, 1.807) is 0 Å². The van der Waals surface area contributed by atoms with Gasteiger partial charge in [-0.05, 0) is 13.0 Å². The van der Waals surface area contributed by atoms with Crippen molar-refractivity contribution in [1.82, 2.24) is 5.32 Å². The van der Waals surface area contributed by atoms with Crippen LogP contribution in [0.3, 0.4) is 0 Å². The molecule has 0 aromatic carbocycles. The van der Waals surface area contributed by atoms with Crippen molar-refractivity contribution in [2.24, 2.45) is 0 Å². The highest BCUT2D eigenvalue weighted by atomic mass is 16.5. The van der Waals surface area contributed by atoms with Crippen LogP contribution < -0.4 is 5.32 Å². The van der Waals surface area contributed by atoms with Gasteiger partial charge in [-0.2, -0.15) is 0 Å². The van der Waals surface area contributed by atoms with Crippen molar-refractivity contribution in [2.75, 3.05) is 19.7 Å². The van der Waals surface area contributed by atoms with Gasteiger partial charge >= 0.3 is 7.32 Å². The van der Waals surface area contributed by atoms with E-state index in [0.717, 1.165) is 13.1 Å². The first-order valence-electron chi connectivity index (χ1n) is 4.01. The summed E-state index contributed by atoms with van der Waals surface area (Å²) in [6, 6.07) is 0. The lowest BCUT2D eigenvalue weighted by Crippen LogP contribution is -2.18. The Labute approximate surface area is 73.2 Å². The zero-order valence-electron chi connectivity index (χ0n) is 7.40. The van der Waals surface area contributed by atoms with E-state index in [2.05, 4.69) is 12.2 Å². The van der Waals surface area contributed by atoms with Gasteiger partial charge in [0.25, 0.3) is 0 Å². The van der Waals surface area contributed by atoms with Crippen LogP contribution in [-0.2, 0) is 0 Å². The summed E-state index contributed by atoms with van der Waals surface area (Å²) in [4.78, 5) is 0. The van der Waals surface area contributed by atoms with Gasteiger partial charge in [0.1, 0.15) is 0 Å². The third kappa shape index (κ3) is 32.8. The highest BCUT2D eigenvalue weighted by molar-refractivity contribution is 6.30. The van der Waals surface area contributed by atoms with Crippen LogP contribution in [0, 0.1) is 0 Å². The van der Waals surface area contributed by atoms with E-state index in [1.165, 1.54) is 12.8 Å².